The van der Waals surface area contributed by atoms with E-state index in [1.165, 1.54) is 12.3 Å². The molecule has 0 aliphatic heterocycles. The Morgan fingerprint density at radius 1 is 1.00 bits per heavy atom. The number of nitrogens with one attached hydrogen (secondary N) is 2. The molecule has 7 nitrogen and oxygen atoms in total. The smallest absolute Gasteiger partial charge is 0.287 e. The Hall–Kier alpha value is -3.91. The molecule has 33 heavy (non-hydrogen) atoms. The molecule has 0 aliphatic rings. The van der Waals surface area contributed by atoms with Gasteiger partial charge in [0.2, 0.25) is 0 Å². The fraction of sp³-hybridized carbons (Fsp3) is 0.0800. The van der Waals surface area contributed by atoms with E-state index in [2.05, 4.69) is 31.8 Å². The van der Waals surface area contributed by atoms with Crippen molar-refractivity contribution in [1.82, 2.24) is 10.7 Å². The number of carbonyl (C=O) groups is 2. The van der Waals surface area contributed by atoms with Gasteiger partial charge in [0.25, 0.3) is 11.8 Å². The van der Waals surface area contributed by atoms with E-state index in [0.29, 0.717) is 11.1 Å². The largest absolute Gasteiger partial charge is 0.507 e. The van der Waals surface area contributed by atoms with Gasteiger partial charge in [-0.1, -0.05) is 46.3 Å². The molecule has 0 unspecified atom stereocenters. The molecule has 0 aliphatic carbocycles. The zero-order chi connectivity index (χ0) is 23.8. The van der Waals surface area contributed by atoms with E-state index in [-0.39, 0.29) is 11.4 Å². The molecule has 0 saturated heterocycles. The van der Waals surface area contributed by atoms with E-state index in [4.69, 9.17) is 0 Å². The number of benzene rings is 3. The van der Waals surface area contributed by atoms with Crippen molar-refractivity contribution in [2.45, 2.75) is 0 Å². The molecule has 3 rings (SSSR count). The van der Waals surface area contributed by atoms with E-state index in [0.717, 1.165) is 15.7 Å². The van der Waals surface area contributed by atoms with Crippen molar-refractivity contribution in [3.63, 3.8) is 0 Å². The van der Waals surface area contributed by atoms with Gasteiger partial charge in [-0.25, -0.2) is 5.43 Å². The lowest BCUT2D eigenvalue weighted by atomic mass is 10.1. The molecule has 0 spiro atoms. The summed E-state index contributed by atoms with van der Waals surface area (Å²) in [6.45, 7) is 0. The topological polar surface area (TPSA) is 94.0 Å². The number of hydrogen-bond donors (Lipinski definition) is 3. The predicted octanol–water partition coefficient (Wildman–Crippen LogP) is 4.14. The fourth-order valence-electron chi connectivity index (χ4n) is 2.83. The number of halogens is 1. The molecule has 0 atom stereocenters. The highest BCUT2D eigenvalue weighted by Gasteiger charge is 2.14. The Morgan fingerprint density at radius 2 is 1.70 bits per heavy atom. The fourth-order valence-corrected chi connectivity index (χ4v) is 3.21. The van der Waals surface area contributed by atoms with E-state index in [1.807, 2.05) is 43.3 Å². The first-order valence-corrected chi connectivity index (χ1v) is 10.8. The maximum absolute atomic E-state index is 12.8. The van der Waals surface area contributed by atoms with E-state index in [9.17, 15) is 14.7 Å². The van der Waals surface area contributed by atoms with Crippen molar-refractivity contribution in [2.75, 3.05) is 19.0 Å². The Labute approximate surface area is 200 Å². The molecule has 0 saturated carbocycles. The molecule has 0 aromatic heterocycles. The lowest BCUT2D eigenvalue weighted by molar-refractivity contribution is -0.117. The molecule has 0 radical (unpaired) electrons. The van der Waals surface area contributed by atoms with Gasteiger partial charge in [0, 0.05) is 35.4 Å². The van der Waals surface area contributed by atoms with Crippen LogP contribution in [0.4, 0.5) is 5.69 Å². The molecule has 2 amide bonds. The monoisotopic (exact) mass is 506 g/mol. The van der Waals surface area contributed by atoms with Gasteiger partial charge >= 0.3 is 0 Å². The minimum absolute atomic E-state index is 0.0188. The van der Waals surface area contributed by atoms with Gasteiger partial charge in [-0.2, -0.15) is 5.10 Å². The first-order chi connectivity index (χ1) is 15.8. The molecule has 8 heteroatoms. The summed E-state index contributed by atoms with van der Waals surface area (Å²) in [7, 11) is 3.87. The minimum Gasteiger partial charge on any atom is -0.507 e. The second-order valence-corrected chi connectivity index (χ2v) is 8.18. The highest BCUT2D eigenvalue weighted by atomic mass is 79.9. The maximum Gasteiger partial charge on any atom is 0.287 e. The predicted molar refractivity (Wildman–Crippen MR) is 134 cm³/mol. The van der Waals surface area contributed by atoms with Gasteiger partial charge in [-0.15, -0.1) is 0 Å². The number of hydrogen-bond acceptors (Lipinski definition) is 5. The van der Waals surface area contributed by atoms with Crippen molar-refractivity contribution >= 4 is 45.7 Å². The van der Waals surface area contributed by atoms with Gasteiger partial charge < -0.3 is 15.3 Å². The number of rotatable bonds is 7. The van der Waals surface area contributed by atoms with Crippen LogP contribution < -0.4 is 15.6 Å². The summed E-state index contributed by atoms with van der Waals surface area (Å²) in [4.78, 5) is 27.5. The Kier molecular flexibility index (Phi) is 7.99. The van der Waals surface area contributed by atoms with Crippen molar-refractivity contribution < 1.29 is 14.7 Å². The van der Waals surface area contributed by atoms with Crippen LogP contribution in [0.3, 0.4) is 0 Å². The minimum atomic E-state index is -0.610. The molecule has 0 heterocycles. The Morgan fingerprint density at radius 3 is 2.36 bits per heavy atom. The Balaban J connectivity index is 1.83. The first kappa shape index (κ1) is 23.7. The molecular formula is C25H23BrN4O3. The van der Waals surface area contributed by atoms with E-state index in [1.54, 1.807) is 48.5 Å². The summed E-state index contributed by atoms with van der Waals surface area (Å²) < 4.78 is 0.755. The highest BCUT2D eigenvalue weighted by Crippen LogP contribution is 2.20. The van der Waals surface area contributed by atoms with Crippen LogP contribution in [-0.2, 0) is 4.79 Å². The number of amides is 2. The van der Waals surface area contributed by atoms with Gasteiger partial charge in [-0.3, -0.25) is 9.59 Å². The van der Waals surface area contributed by atoms with Crippen LogP contribution in [0.5, 0.6) is 5.75 Å². The third-order valence-electron chi connectivity index (χ3n) is 4.61. The second kappa shape index (κ2) is 11.1. The number of aromatic hydroxyl groups is 1. The third-order valence-corrected chi connectivity index (χ3v) is 5.10. The standard InChI is InChI=1S/C25H23BrN4O3/c1-30(2)21-11-8-17(9-12-21)14-22(28-24(32)18-6-4-3-5-7-18)25(33)29-27-16-19-15-20(26)10-13-23(19)31/h3-16,31H,1-2H3,(H,28,32)(H,29,33). The number of carbonyl (C=O) groups excluding carboxylic acids is 2. The lowest BCUT2D eigenvalue weighted by Gasteiger charge is -2.12. The number of hydrazone groups is 1. The van der Waals surface area contributed by atoms with Crippen LogP contribution in [0.15, 0.2) is 88.1 Å². The van der Waals surface area contributed by atoms with Crippen LogP contribution in [0.25, 0.3) is 6.08 Å². The number of nitrogens with zero attached hydrogens (tertiary/aromatic N) is 2. The summed E-state index contributed by atoms with van der Waals surface area (Å²) in [6, 6.07) is 21.0. The lowest BCUT2D eigenvalue weighted by Crippen LogP contribution is -2.32. The third kappa shape index (κ3) is 6.78. The molecule has 3 aromatic carbocycles. The summed E-state index contributed by atoms with van der Waals surface area (Å²) in [5.41, 5.74) is 4.99. The Bertz CT molecular complexity index is 1190. The number of phenolic OH excluding ortho intramolecular Hbond substituents is 1. The van der Waals surface area contributed by atoms with Crippen LogP contribution in [0, 0.1) is 0 Å². The highest BCUT2D eigenvalue weighted by molar-refractivity contribution is 9.10. The van der Waals surface area contributed by atoms with Crippen LogP contribution in [-0.4, -0.2) is 37.2 Å². The molecule has 3 N–H and O–H groups in total. The number of phenols is 1. The van der Waals surface area contributed by atoms with Crippen LogP contribution in [0.1, 0.15) is 21.5 Å². The summed E-state index contributed by atoms with van der Waals surface area (Å²) >= 11 is 3.32. The summed E-state index contributed by atoms with van der Waals surface area (Å²) in [5.74, 6) is -1.01. The van der Waals surface area contributed by atoms with Gasteiger partial charge in [-0.05, 0) is 54.1 Å². The summed E-state index contributed by atoms with van der Waals surface area (Å²) in [6.07, 6.45) is 2.89. The van der Waals surface area contributed by atoms with Crippen molar-refractivity contribution in [1.29, 1.82) is 0 Å². The second-order valence-electron chi connectivity index (χ2n) is 7.27. The average Bonchev–Trinajstić information content (AvgIpc) is 2.81. The summed E-state index contributed by atoms with van der Waals surface area (Å²) in [5, 5.41) is 16.5. The molecule has 0 fully saturated rings. The van der Waals surface area contributed by atoms with Gasteiger partial charge in [0.05, 0.1) is 6.21 Å². The van der Waals surface area contributed by atoms with Crippen molar-refractivity contribution in [3.8, 4) is 5.75 Å². The van der Waals surface area contributed by atoms with Crippen LogP contribution >= 0.6 is 15.9 Å². The molecule has 168 valence electrons. The van der Waals surface area contributed by atoms with Crippen molar-refractivity contribution in [2.24, 2.45) is 5.10 Å². The maximum atomic E-state index is 12.8. The zero-order valence-corrected chi connectivity index (χ0v) is 19.7. The van der Waals surface area contributed by atoms with Gasteiger partial charge in [0.1, 0.15) is 11.4 Å². The van der Waals surface area contributed by atoms with E-state index >= 15 is 0 Å². The van der Waals surface area contributed by atoms with Gasteiger partial charge in [0.15, 0.2) is 0 Å². The first-order valence-electron chi connectivity index (χ1n) is 10.0. The van der Waals surface area contributed by atoms with Crippen LogP contribution in [0.2, 0.25) is 0 Å². The SMILES string of the molecule is CN(C)c1ccc(C=C(NC(=O)c2ccccc2)C(=O)NN=Cc2cc(Br)ccc2O)cc1. The zero-order valence-electron chi connectivity index (χ0n) is 18.1. The number of anilines is 1. The quantitative estimate of drug-likeness (QED) is 0.255. The van der Waals surface area contributed by atoms with Crippen molar-refractivity contribution in [3.05, 3.63) is 99.7 Å². The average molecular weight is 507 g/mol. The van der Waals surface area contributed by atoms with E-state index < -0.39 is 11.8 Å². The molecular weight excluding hydrogens is 484 g/mol. The normalized spacial score (nSPS) is 11.3. The molecule has 0 bridgehead atoms. The molecule has 3 aromatic rings.